The van der Waals surface area contributed by atoms with Gasteiger partial charge in [-0.1, -0.05) is 48.3 Å². The molecule has 1 aliphatic carbocycles. The van der Waals surface area contributed by atoms with Crippen LogP contribution in [0.1, 0.15) is 42.9 Å². The minimum absolute atomic E-state index is 0.0330. The summed E-state index contributed by atoms with van der Waals surface area (Å²) in [6.45, 7) is 2.36. The Kier molecular flexibility index (Phi) is 5.45. The van der Waals surface area contributed by atoms with Crippen molar-refractivity contribution < 1.29 is 8.42 Å². The standard InChI is InChI=1S/C21H22Cl2N2O2S/c1-2-11-24-28(26,27)13-9-10-19-16(12-13)14-5-3-6-15(14)21(25-19)20-17(22)7-4-8-18(20)23/h3-5,7-10,12,14-15,21,24-25H,2,6,11H2,1H3. The van der Waals surface area contributed by atoms with Crippen molar-refractivity contribution in [1.29, 1.82) is 0 Å². The first kappa shape index (κ1) is 19.8. The molecule has 0 spiro atoms. The van der Waals surface area contributed by atoms with Gasteiger partial charge in [0.15, 0.2) is 0 Å². The van der Waals surface area contributed by atoms with E-state index in [1.165, 1.54) is 0 Å². The van der Waals surface area contributed by atoms with E-state index < -0.39 is 10.0 Å². The van der Waals surface area contributed by atoms with Gasteiger partial charge in [-0.05, 0) is 54.7 Å². The maximum atomic E-state index is 12.6. The molecule has 3 atom stereocenters. The topological polar surface area (TPSA) is 58.2 Å². The number of halogens is 2. The third-order valence-corrected chi connectivity index (χ3v) is 7.62. The van der Waals surface area contributed by atoms with Crippen molar-refractivity contribution in [1.82, 2.24) is 4.72 Å². The van der Waals surface area contributed by atoms with Gasteiger partial charge in [0, 0.05) is 33.8 Å². The van der Waals surface area contributed by atoms with E-state index in [0.717, 1.165) is 29.7 Å². The number of hydrogen-bond acceptors (Lipinski definition) is 3. The number of nitrogens with one attached hydrogen (secondary N) is 2. The smallest absolute Gasteiger partial charge is 0.240 e. The van der Waals surface area contributed by atoms with Gasteiger partial charge in [0.25, 0.3) is 0 Å². The molecule has 28 heavy (non-hydrogen) atoms. The molecule has 1 heterocycles. The molecule has 0 fully saturated rings. The number of fused-ring (bicyclic) bond motifs is 3. The van der Waals surface area contributed by atoms with Crippen LogP contribution in [-0.4, -0.2) is 15.0 Å². The van der Waals surface area contributed by atoms with Gasteiger partial charge in [-0.15, -0.1) is 0 Å². The predicted molar refractivity (Wildman–Crippen MR) is 115 cm³/mol. The first-order valence-electron chi connectivity index (χ1n) is 9.43. The van der Waals surface area contributed by atoms with Gasteiger partial charge in [-0.25, -0.2) is 13.1 Å². The molecule has 7 heteroatoms. The number of hydrogen-bond donors (Lipinski definition) is 2. The van der Waals surface area contributed by atoms with Crippen LogP contribution in [0.2, 0.25) is 10.0 Å². The first-order valence-corrected chi connectivity index (χ1v) is 11.7. The molecule has 2 aromatic rings. The van der Waals surface area contributed by atoms with Gasteiger partial charge in [0.05, 0.1) is 10.9 Å². The minimum atomic E-state index is -3.51. The second kappa shape index (κ2) is 7.71. The van der Waals surface area contributed by atoms with Gasteiger partial charge in [-0.2, -0.15) is 0 Å². The first-order chi connectivity index (χ1) is 13.4. The van der Waals surface area contributed by atoms with Crippen molar-refractivity contribution in [3.8, 4) is 0 Å². The van der Waals surface area contributed by atoms with Crippen molar-refractivity contribution in [2.24, 2.45) is 5.92 Å². The zero-order valence-corrected chi connectivity index (χ0v) is 17.8. The summed E-state index contributed by atoms with van der Waals surface area (Å²) >= 11 is 13.0. The molecule has 2 aliphatic rings. The zero-order valence-electron chi connectivity index (χ0n) is 15.5. The summed E-state index contributed by atoms with van der Waals surface area (Å²) in [6.07, 6.45) is 5.95. The molecule has 2 N–H and O–H groups in total. The van der Waals surface area contributed by atoms with Gasteiger partial charge in [-0.3, -0.25) is 0 Å². The van der Waals surface area contributed by atoms with Crippen molar-refractivity contribution in [3.63, 3.8) is 0 Å². The Hall–Kier alpha value is -1.53. The Morgan fingerprint density at radius 2 is 1.93 bits per heavy atom. The van der Waals surface area contributed by atoms with Crippen molar-refractivity contribution in [3.05, 3.63) is 69.7 Å². The van der Waals surface area contributed by atoms with E-state index in [0.29, 0.717) is 21.5 Å². The highest BCUT2D eigenvalue weighted by atomic mass is 35.5. The molecule has 1 aliphatic heterocycles. The lowest BCUT2D eigenvalue weighted by atomic mass is 9.77. The quantitative estimate of drug-likeness (QED) is 0.607. The molecule has 0 amide bonds. The summed E-state index contributed by atoms with van der Waals surface area (Å²) < 4.78 is 27.8. The van der Waals surface area contributed by atoms with Crippen LogP contribution in [0, 0.1) is 5.92 Å². The summed E-state index contributed by atoms with van der Waals surface area (Å²) in [5.41, 5.74) is 2.82. The second-order valence-electron chi connectivity index (χ2n) is 7.26. The molecule has 0 saturated carbocycles. The van der Waals surface area contributed by atoms with Crippen LogP contribution in [0.5, 0.6) is 0 Å². The maximum Gasteiger partial charge on any atom is 0.240 e. The molecule has 0 aromatic heterocycles. The van der Waals surface area contributed by atoms with Crippen LogP contribution in [0.15, 0.2) is 53.4 Å². The van der Waals surface area contributed by atoms with Crippen LogP contribution < -0.4 is 10.0 Å². The SMILES string of the molecule is CCCNS(=O)(=O)c1ccc2c(c1)C1C=CCC1C(c1c(Cl)cccc1Cl)N2. The molecule has 0 radical (unpaired) electrons. The Morgan fingerprint density at radius 1 is 1.18 bits per heavy atom. The van der Waals surface area contributed by atoms with Crippen LogP contribution in [-0.2, 0) is 10.0 Å². The summed E-state index contributed by atoms with van der Waals surface area (Å²) in [6, 6.07) is 10.8. The summed E-state index contributed by atoms with van der Waals surface area (Å²) in [5.74, 6) is 0.348. The summed E-state index contributed by atoms with van der Waals surface area (Å²) in [5, 5.41) is 4.85. The van der Waals surface area contributed by atoms with Gasteiger partial charge >= 0.3 is 0 Å². The van der Waals surface area contributed by atoms with E-state index in [-0.39, 0.29) is 17.9 Å². The predicted octanol–water partition coefficient (Wildman–Crippen LogP) is 5.51. The highest BCUT2D eigenvalue weighted by Crippen LogP contribution is 2.52. The number of rotatable bonds is 5. The summed E-state index contributed by atoms with van der Waals surface area (Å²) in [4.78, 5) is 0.301. The van der Waals surface area contributed by atoms with Crippen LogP contribution in [0.25, 0.3) is 0 Å². The van der Waals surface area contributed by atoms with Crippen molar-refractivity contribution in [2.75, 3.05) is 11.9 Å². The van der Waals surface area contributed by atoms with Crippen LogP contribution in [0.4, 0.5) is 5.69 Å². The van der Waals surface area contributed by atoms with Crippen LogP contribution >= 0.6 is 23.2 Å². The third-order valence-electron chi connectivity index (χ3n) is 5.50. The largest absolute Gasteiger partial charge is 0.378 e. The lowest BCUT2D eigenvalue weighted by Crippen LogP contribution is -2.30. The molecular weight excluding hydrogens is 415 g/mol. The van der Waals surface area contributed by atoms with Crippen molar-refractivity contribution in [2.45, 2.75) is 36.6 Å². The maximum absolute atomic E-state index is 12.6. The molecule has 4 nitrogen and oxygen atoms in total. The fourth-order valence-electron chi connectivity index (χ4n) is 4.15. The Morgan fingerprint density at radius 3 is 2.64 bits per heavy atom. The number of benzene rings is 2. The van der Waals surface area contributed by atoms with E-state index in [1.807, 2.05) is 31.2 Å². The monoisotopic (exact) mass is 436 g/mol. The Balaban J connectivity index is 1.75. The van der Waals surface area contributed by atoms with Crippen LogP contribution in [0.3, 0.4) is 0 Å². The second-order valence-corrected chi connectivity index (χ2v) is 9.84. The fraction of sp³-hybridized carbons (Fsp3) is 0.333. The minimum Gasteiger partial charge on any atom is -0.378 e. The third kappa shape index (κ3) is 3.45. The highest BCUT2D eigenvalue weighted by Gasteiger charge is 2.39. The lowest BCUT2D eigenvalue weighted by molar-refractivity contribution is 0.425. The Bertz CT molecular complexity index is 1020. The van der Waals surface area contributed by atoms with Gasteiger partial charge < -0.3 is 5.32 Å². The molecule has 148 valence electrons. The number of anilines is 1. The Labute approximate surface area is 176 Å². The number of sulfonamides is 1. The molecule has 4 rings (SSSR count). The van der Waals surface area contributed by atoms with E-state index in [1.54, 1.807) is 12.1 Å². The fourth-order valence-corrected chi connectivity index (χ4v) is 5.95. The number of allylic oxidation sites excluding steroid dienone is 2. The molecular formula is C21H22Cl2N2O2S. The molecule has 0 saturated heterocycles. The summed E-state index contributed by atoms with van der Waals surface area (Å²) in [7, 11) is -3.51. The molecule has 3 unspecified atom stereocenters. The van der Waals surface area contributed by atoms with Gasteiger partial charge in [0.2, 0.25) is 10.0 Å². The molecule has 0 bridgehead atoms. The van der Waals surface area contributed by atoms with E-state index in [9.17, 15) is 8.42 Å². The highest BCUT2D eigenvalue weighted by molar-refractivity contribution is 7.89. The average molecular weight is 437 g/mol. The van der Waals surface area contributed by atoms with Gasteiger partial charge in [0.1, 0.15) is 0 Å². The van der Waals surface area contributed by atoms with E-state index in [4.69, 9.17) is 23.2 Å². The van der Waals surface area contributed by atoms with E-state index in [2.05, 4.69) is 22.2 Å². The lowest BCUT2D eigenvalue weighted by Gasteiger charge is -2.38. The molecule has 2 aromatic carbocycles. The van der Waals surface area contributed by atoms with Crippen molar-refractivity contribution >= 4 is 38.9 Å². The van der Waals surface area contributed by atoms with E-state index >= 15 is 0 Å². The average Bonchev–Trinajstić information content (AvgIpc) is 3.16. The zero-order chi connectivity index (χ0) is 19.9. The normalized spacial score (nSPS) is 23.2.